The second kappa shape index (κ2) is 12.4. The minimum atomic E-state index is -2.05. The van der Waals surface area contributed by atoms with Gasteiger partial charge in [-0.05, 0) is 77.9 Å². The van der Waals surface area contributed by atoms with Crippen LogP contribution in [-0.4, -0.2) is 90.9 Å². The van der Waals surface area contributed by atoms with Gasteiger partial charge in [-0.25, -0.2) is 9.38 Å². The fraction of sp³-hybridized carbons (Fsp3) is 0.567. The molecule has 1 saturated carbocycles. The van der Waals surface area contributed by atoms with Crippen molar-refractivity contribution in [2.24, 2.45) is 4.99 Å². The van der Waals surface area contributed by atoms with Crippen LogP contribution in [-0.2, 0) is 4.79 Å². The number of allylic oxidation sites excluding steroid dienone is 1. The molecular formula is C30H43FN6O3. The smallest absolute Gasteiger partial charge is 0.266 e. The number of nitrogens with one attached hydrogen (secondary N) is 2. The molecule has 9 nitrogen and oxygen atoms in total. The molecule has 1 aromatic rings. The van der Waals surface area contributed by atoms with E-state index in [1.54, 1.807) is 38.4 Å². The Kier molecular flexibility index (Phi) is 9.18. The molecule has 218 valence electrons. The van der Waals surface area contributed by atoms with E-state index in [2.05, 4.69) is 29.2 Å². The summed E-state index contributed by atoms with van der Waals surface area (Å²) in [5.41, 5.74) is -0.414. The van der Waals surface area contributed by atoms with Crippen LogP contribution in [0.1, 0.15) is 62.7 Å². The summed E-state index contributed by atoms with van der Waals surface area (Å²) in [7, 11) is 5.21. The monoisotopic (exact) mass is 554 g/mol. The number of methoxy groups -OCH3 is 1. The Bertz CT molecular complexity index is 1180. The maximum absolute atomic E-state index is 15.6. The second-order valence-corrected chi connectivity index (χ2v) is 11.3. The second-order valence-electron chi connectivity index (χ2n) is 11.3. The van der Waals surface area contributed by atoms with Gasteiger partial charge in [0, 0.05) is 24.7 Å². The summed E-state index contributed by atoms with van der Waals surface area (Å²) >= 11 is 0. The minimum Gasteiger partial charge on any atom is -0.495 e. The number of ether oxygens (including phenoxy) is 1. The van der Waals surface area contributed by atoms with Gasteiger partial charge >= 0.3 is 0 Å². The van der Waals surface area contributed by atoms with Crippen molar-refractivity contribution in [3.05, 3.63) is 47.9 Å². The Morgan fingerprint density at radius 2 is 1.88 bits per heavy atom. The van der Waals surface area contributed by atoms with E-state index in [1.807, 2.05) is 11.8 Å². The number of carbonyl (C=O) groups excluding carboxylic acids is 2. The van der Waals surface area contributed by atoms with Gasteiger partial charge in [0.25, 0.3) is 11.8 Å². The average Bonchev–Trinajstić information content (AvgIpc) is 3.45. The van der Waals surface area contributed by atoms with Crippen LogP contribution in [0, 0.1) is 0 Å². The number of benzene rings is 1. The number of rotatable bonds is 7. The molecule has 40 heavy (non-hydrogen) atoms. The van der Waals surface area contributed by atoms with Gasteiger partial charge in [-0.15, -0.1) is 0 Å². The molecule has 0 unspecified atom stereocenters. The number of hydrogen-bond donors (Lipinski definition) is 2. The standard InChI is InChI=1S/C30H43FN6O3/c1-7-25-27(37(23-10-8-9-11-23)19-30(3,31)29(39)36(25)5)33-20(2)32-24-13-12-21(18-26(24)40-6)28(38)34-22-14-16-35(4)17-15-22/h7,12-13,18,22-23,32H,2,8-11,14-17,19H2,1,3-6H3,(H,34,38)/b25-7+,33-27+/t30-/m0/s1. The molecule has 0 aromatic heterocycles. The van der Waals surface area contributed by atoms with Crippen LogP contribution in [0.3, 0.4) is 0 Å². The molecule has 1 aromatic carbocycles. The van der Waals surface area contributed by atoms with Gasteiger partial charge in [0.05, 0.1) is 25.0 Å². The number of hydrogen-bond acceptors (Lipinski definition) is 6. The molecule has 2 aliphatic heterocycles. The quantitative estimate of drug-likeness (QED) is 0.527. The number of anilines is 1. The number of likely N-dealkylation sites (tertiary alicyclic amines) is 1. The van der Waals surface area contributed by atoms with E-state index >= 15 is 4.39 Å². The van der Waals surface area contributed by atoms with Crippen molar-refractivity contribution in [3.63, 3.8) is 0 Å². The summed E-state index contributed by atoms with van der Waals surface area (Å²) in [6, 6.07) is 5.45. The largest absolute Gasteiger partial charge is 0.495 e. The van der Waals surface area contributed by atoms with Gasteiger partial charge in [-0.3, -0.25) is 9.59 Å². The van der Waals surface area contributed by atoms with Gasteiger partial charge in [-0.2, -0.15) is 0 Å². The number of amidine groups is 1. The van der Waals surface area contributed by atoms with Crippen LogP contribution in [0.2, 0.25) is 0 Å². The lowest BCUT2D eigenvalue weighted by molar-refractivity contribution is -0.139. The van der Waals surface area contributed by atoms with E-state index in [4.69, 9.17) is 9.73 Å². The topological polar surface area (TPSA) is 89.5 Å². The third-order valence-electron chi connectivity index (χ3n) is 8.16. The predicted molar refractivity (Wildman–Crippen MR) is 156 cm³/mol. The van der Waals surface area contributed by atoms with Gasteiger partial charge in [0.2, 0.25) is 5.67 Å². The Balaban J connectivity index is 1.56. The SMILES string of the molecule is C=C(/N=C1\C(=C/C)N(C)C(=O)[C@@](C)(F)CN1C1CCCC1)Nc1ccc(C(=O)NC2CCN(C)CC2)cc1OC. The zero-order valence-corrected chi connectivity index (χ0v) is 24.4. The molecule has 2 heterocycles. The molecule has 2 amide bonds. The molecule has 2 saturated heterocycles. The summed E-state index contributed by atoms with van der Waals surface area (Å²) in [6.07, 6.45) is 7.57. The molecule has 3 aliphatic rings. The number of nitrogens with zero attached hydrogens (tertiary/aromatic N) is 4. The van der Waals surface area contributed by atoms with Gasteiger partial charge in [-0.1, -0.05) is 25.5 Å². The first-order chi connectivity index (χ1) is 19.0. The Morgan fingerprint density at radius 3 is 2.50 bits per heavy atom. The first kappa shape index (κ1) is 29.6. The summed E-state index contributed by atoms with van der Waals surface area (Å²) < 4.78 is 21.2. The molecule has 1 atom stereocenters. The molecule has 10 heteroatoms. The van der Waals surface area contributed by atoms with E-state index in [0.29, 0.717) is 34.4 Å². The number of piperidine rings is 1. The number of halogens is 1. The molecule has 0 bridgehead atoms. The molecule has 2 N–H and O–H groups in total. The summed E-state index contributed by atoms with van der Waals surface area (Å²) in [4.78, 5) is 36.2. The molecule has 4 rings (SSSR count). The number of likely N-dealkylation sites (N-methyl/N-ethyl adjacent to an activating group) is 1. The van der Waals surface area contributed by atoms with Crippen LogP contribution in [0.4, 0.5) is 10.1 Å². The van der Waals surface area contributed by atoms with Crippen molar-refractivity contribution in [2.75, 3.05) is 46.2 Å². The Hall–Kier alpha value is -3.40. The highest BCUT2D eigenvalue weighted by Gasteiger charge is 2.45. The normalized spacial score (nSPS) is 25.4. The number of alkyl halides is 1. The zero-order chi connectivity index (χ0) is 29.0. The fourth-order valence-corrected chi connectivity index (χ4v) is 5.85. The van der Waals surface area contributed by atoms with E-state index in [9.17, 15) is 9.59 Å². The maximum atomic E-state index is 15.6. The molecular weight excluding hydrogens is 511 g/mol. The summed E-state index contributed by atoms with van der Waals surface area (Å²) in [5, 5.41) is 6.32. The van der Waals surface area contributed by atoms with E-state index in [1.165, 1.54) is 11.8 Å². The number of carbonyl (C=O) groups is 2. The summed E-state index contributed by atoms with van der Waals surface area (Å²) in [6.45, 7) is 9.12. The Morgan fingerprint density at radius 1 is 1.20 bits per heavy atom. The predicted octanol–water partition coefficient (Wildman–Crippen LogP) is 4.15. The lowest BCUT2D eigenvalue weighted by atomic mass is 10.0. The third kappa shape index (κ3) is 6.49. The van der Waals surface area contributed by atoms with Gasteiger partial charge < -0.3 is 30.1 Å². The first-order valence-corrected chi connectivity index (χ1v) is 14.2. The van der Waals surface area contributed by atoms with Crippen molar-refractivity contribution in [1.82, 2.24) is 20.0 Å². The van der Waals surface area contributed by atoms with Crippen molar-refractivity contribution in [3.8, 4) is 5.75 Å². The first-order valence-electron chi connectivity index (χ1n) is 14.2. The Labute approximate surface area is 237 Å². The molecule has 0 radical (unpaired) electrons. The lowest BCUT2D eigenvalue weighted by Gasteiger charge is -2.33. The highest BCUT2D eigenvalue weighted by molar-refractivity contribution is 6.05. The molecule has 3 fully saturated rings. The summed E-state index contributed by atoms with van der Waals surface area (Å²) in [5.74, 6) is 0.562. The highest BCUT2D eigenvalue weighted by atomic mass is 19.1. The molecule has 1 aliphatic carbocycles. The van der Waals surface area contributed by atoms with Gasteiger partial charge in [0.1, 0.15) is 11.6 Å². The van der Waals surface area contributed by atoms with E-state index < -0.39 is 11.6 Å². The molecule has 0 spiro atoms. The van der Waals surface area contributed by atoms with Crippen LogP contribution in [0.25, 0.3) is 0 Å². The maximum Gasteiger partial charge on any atom is 0.266 e. The third-order valence-corrected chi connectivity index (χ3v) is 8.16. The number of amides is 2. The van der Waals surface area contributed by atoms with E-state index in [0.717, 1.165) is 51.6 Å². The minimum absolute atomic E-state index is 0.0747. The van der Waals surface area contributed by atoms with Crippen molar-refractivity contribution in [1.29, 1.82) is 0 Å². The fourth-order valence-electron chi connectivity index (χ4n) is 5.85. The number of aliphatic imine (C=N–C) groups is 1. The van der Waals surface area contributed by atoms with Crippen molar-refractivity contribution < 1.29 is 18.7 Å². The van der Waals surface area contributed by atoms with Crippen LogP contribution >= 0.6 is 0 Å². The average molecular weight is 555 g/mol. The zero-order valence-electron chi connectivity index (χ0n) is 24.4. The van der Waals surface area contributed by atoms with Crippen molar-refractivity contribution in [2.45, 2.75) is 70.1 Å². The van der Waals surface area contributed by atoms with Gasteiger partial charge in [0.15, 0.2) is 5.84 Å². The van der Waals surface area contributed by atoms with Crippen LogP contribution in [0.15, 0.2) is 47.4 Å². The van der Waals surface area contributed by atoms with Crippen LogP contribution in [0.5, 0.6) is 5.75 Å². The van der Waals surface area contributed by atoms with Crippen LogP contribution < -0.4 is 15.4 Å². The van der Waals surface area contributed by atoms with E-state index in [-0.39, 0.29) is 24.5 Å². The lowest BCUT2D eigenvalue weighted by Crippen LogP contribution is -2.47. The van der Waals surface area contributed by atoms with Crippen molar-refractivity contribution >= 4 is 23.3 Å². The highest BCUT2D eigenvalue weighted by Crippen LogP contribution is 2.33.